The summed E-state index contributed by atoms with van der Waals surface area (Å²) in [5.41, 5.74) is 1.85. The van der Waals surface area contributed by atoms with E-state index in [1.165, 1.54) is 20.2 Å². The number of benzene rings is 2. The maximum Gasteiger partial charge on any atom is 0.316 e. The Hall–Kier alpha value is -2.14. The van der Waals surface area contributed by atoms with Gasteiger partial charge < -0.3 is 4.90 Å². The highest BCUT2D eigenvalue weighted by Crippen LogP contribution is 2.37. The third-order valence-corrected chi connectivity index (χ3v) is 7.17. The molecule has 1 N–H and O–H groups in total. The van der Waals surface area contributed by atoms with Gasteiger partial charge in [-0.25, -0.2) is 13.2 Å². The highest BCUT2D eigenvalue weighted by molar-refractivity contribution is 7.87. The van der Waals surface area contributed by atoms with E-state index < -0.39 is 45.9 Å². The number of rotatable bonds is 6. The minimum Gasteiger partial charge on any atom is -0.318 e. The van der Waals surface area contributed by atoms with Crippen LogP contribution in [0.1, 0.15) is 11.1 Å². The van der Waals surface area contributed by atoms with Crippen LogP contribution < -0.4 is 4.72 Å². The summed E-state index contributed by atoms with van der Waals surface area (Å²) < 4.78 is 72.1. The van der Waals surface area contributed by atoms with Gasteiger partial charge in [0.15, 0.2) is 0 Å². The van der Waals surface area contributed by atoms with E-state index in [9.17, 15) is 22.0 Å². The van der Waals surface area contributed by atoms with Crippen molar-refractivity contribution < 1.29 is 26.4 Å². The van der Waals surface area contributed by atoms with Crippen molar-refractivity contribution in [2.24, 2.45) is 0 Å². The molecule has 1 saturated heterocycles. The predicted molar refractivity (Wildman–Crippen MR) is 116 cm³/mol. The molecule has 1 heterocycles. The lowest BCUT2D eigenvalue weighted by atomic mass is 9.95. The van der Waals surface area contributed by atoms with Crippen molar-refractivity contribution in [2.45, 2.75) is 31.4 Å². The Morgan fingerprint density at radius 3 is 2.50 bits per heavy atom. The molecule has 0 unspecified atom stereocenters. The van der Waals surface area contributed by atoms with E-state index in [1.54, 1.807) is 30.3 Å². The Morgan fingerprint density at radius 1 is 1.25 bits per heavy atom. The molecule has 0 radical (unpaired) electrons. The number of hydrogen-bond donors (Lipinski definition) is 1. The van der Waals surface area contributed by atoms with Crippen LogP contribution in [0.2, 0.25) is 0 Å². The van der Waals surface area contributed by atoms with Gasteiger partial charge in [0, 0.05) is 19.7 Å². The van der Waals surface area contributed by atoms with Crippen molar-refractivity contribution in [1.29, 1.82) is 0 Å². The number of nitrogens with one attached hydrogen (secondary N) is 1. The van der Waals surface area contributed by atoms with Crippen LogP contribution in [0.15, 0.2) is 42.5 Å². The number of halogens is 4. The first-order valence-corrected chi connectivity index (χ1v) is 11.5. The minimum absolute atomic E-state index is 0.0590. The lowest BCUT2D eigenvalue weighted by molar-refractivity contribution is -0.00448. The van der Waals surface area contributed by atoms with Crippen molar-refractivity contribution in [3.05, 3.63) is 59.4 Å². The maximum absolute atomic E-state index is 15.4. The van der Waals surface area contributed by atoms with Crippen LogP contribution in [0.5, 0.6) is 0 Å². The highest BCUT2D eigenvalue weighted by Gasteiger charge is 2.57. The first-order chi connectivity index (χ1) is 14.8. The molecule has 6 nitrogen and oxygen atoms in total. The smallest absolute Gasteiger partial charge is 0.316 e. The lowest BCUT2D eigenvalue weighted by Crippen LogP contribution is -2.54. The van der Waals surface area contributed by atoms with Crippen LogP contribution in [0, 0.1) is 12.7 Å². The van der Waals surface area contributed by atoms with Crippen LogP contribution in [0.25, 0.3) is 11.1 Å². The monoisotopic (exact) mass is 489 g/mol. The van der Waals surface area contributed by atoms with Gasteiger partial charge in [-0.1, -0.05) is 48.0 Å². The number of alkyl halides is 2. The lowest BCUT2D eigenvalue weighted by Gasteiger charge is -2.28. The third-order valence-electron chi connectivity index (χ3n) is 5.44. The van der Waals surface area contributed by atoms with Crippen molar-refractivity contribution in [2.75, 3.05) is 20.6 Å². The molecule has 1 aliphatic rings. The molecular formula is C21H23ClF3N3O3S. The second kappa shape index (κ2) is 9.01. The fourth-order valence-electron chi connectivity index (χ4n) is 3.75. The Kier molecular flexibility index (Phi) is 6.90. The molecule has 174 valence electrons. The van der Waals surface area contributed by atoms with E-state index in [4.69, 9.17) is 11.6 Å². The number of hydrogen-bond acceptors (Lipinski definition) is 3. The molecule has 0 saturated carbocycles. The summed E-state index contributed by atoms with van der Waals surface area (Å²) in [6.07, 6.45) is -0.361. The van der Waals surface area contributed by atoms with Crippen molar-refractivity contribution >= 4 is 27.2 Å². The molecule has 2 atom stereocenters. The number of likely N-dealkylation sites (tertiary alicyclic amines) is 1. The number of carbonyl (C=O) groups excluding carboxylic acids is 1. The summed E-state index contributed by atoms with van der Waals surface area (Å²) in [5, 5.41) is -1.17. The van der Waals surface area contributed by atoms with Gasteiger partial charge in [-0.3, -0.25) is 4.79 Å². The summed E-state index contributed by atoms with van der Waals surface area (Å²) in [4.78, 5) is 12.5. The fourth-order valence-corrected chi connectivity index (χ4v) is 4.80. The van der Waals surface area contributed by atoms with Crippen molar-refractivity contribution in [3.8, 4) is 11.1 Å². The second-order valence-electron chi connectivity index (χ2n) is 7.94. The molecule has 0 aromatic heterocycles. The predicted octanol–water partition coefficient (Wildman–Crippen LogP) is 3.79. The van der Waals surface area contributed by atoms with Gasteiger partial charge in [0.2, 0.25) is 0 Å². The first kappa shape index (κ1) is 24.5. The maximum atomic E-state index is 15.4. The van der Waals surface area contributed by atoms with Gasteiger partial charge >= 0.3 is 5.37 Å². The zero-order valence-electron chi connectivity index (χ0n) is 17.6. The van der Waals surface area contributed by atoms with Crippen LogP contribution in [-0.2, 0) is 16.6 Å². The molecule has 2 aromatic carbocycles. The van der Waals surface area contributed by atoms with E-state index in [0.29, 0.717) is 10.5 Å². The molecule has 2 aromatic rings. The highest BCUT2D eigenvalue weighted by atomic mass is 35.5. The standard InChI is InChI=1S/C21H23ClF3N3O3S/c1-13-6-4-7-14(10-13)16-9-5-8-15(18(16)23)11-17-19(26-32(30,31)27(2)3)21(24,25)12-28(17)20(22)29/h4-10,17,19,26H,11-12H2,1-3H3/t17-,19+/m0/s1. The zero-order chi connectivity index (χ0) is 23.8. The normalized spacial score (nSPS) is 20.7. The van der Waals surface area contributed by atoms with Crippen molar-refractivity contribution in [1.82, 2.24) is 13.9 Å². The zero-order valence-corrected chi connectivity index (χ0v) is 19.2. The molecule has 11 heteroatoms. The molecule has 1 amide bonds. The summed E-state index contributed by atoms with van der Waals surface area (Å²) in [6.45, 7) is 0.775. The van der Waals surface area contributed by atoms with Crippen LogP contribution >= 0.6 is 11.6 Å². The van der Waals surface area contributed by atoms with Crippen LogP contribution in [-0.4, -0.2) is 61.6 Å². The molecule has 3 rings (SSSR count). The third kappa shape index (κ3) is 4.93. The largest absolute Gasteiger partial charge is 0.318 e. The van der Waals surface area contributed by atoms with E-state index in [-0.39, 0.29) is 17.5 Å². The van der Waals surface area contributed by atoms with Gasteiger partial charge in [-0.2, -0.15) is 17.4 Å². The Balaban J connectivity index is 2.02. The fraction of sp³-hybridized carbons (Fsp3) is 0.381. The Morgan fingerprint density at radius 2 is 1.91 bits per heavy atom. The van der Waals surface area contributed by atoms with E-state index in [1.807, 2.05) is 17.7 Å². The topological polar surface area (TPSA) is 69.7 Å². The van der Waals surface area contributed by atoms with Gasteiger partial charge in [0.25, 0.3) is 16.1 Å². The van der Waals surface area contributed by atoms with Gasteiger partial charge in [0.1, 0.15) is 11.9 Å². The first-order valence-electron chi connectivity index (χ1n) is 9.71. The average molecular weight is 490 g/mol. The summed E-state index contributed by atoms with van der Waals surface area (Å²) >= 11 is 5.53. The van der Waals surface area contributed by atoms with Crippen LogP contribution in [0.4, 0.5) is 18.0 Å². The quantitative estimate of drug-likeness (QED) is 0.496. The molecule has 0 aliphatic carbocycles. The Bertz CT molecular complexity index is 1130. The number of amides is 1. The van der Waals surface area contributed by atoms with E-state index >= 15 is 4.39 Å². The van der Waals surface area contributed by atoms with Crippen LogP contribution in [0.3, 0.4) is 0 Å². The van der Waals surface area contributed by atoms with E-state index in [0.717, 1.165) is 9.87 Å². The molecule has 0 spiro atoms. The molecule has 1 aliphatic heterocycles. The Labute approximate surface area is 190 Å². The van der Waals surface area contributed by atoms with Gasteiger partial charge in [0.05, 0.1) is 12.6 Å². The van der Waals surface area contributed by atoms with Crippen molar-refractivity contribution in [3.63, 3.8) is 0 Å². The number of aryl methyl sites for hydroxylation is 1. The van der Waals surface area contributed by atoms with E-state index in [2.05, 4.69) is 0 Å². The van der Waals surface area contributed by atoms with Gasteiger partial charge in [-0.05, 0) is 36.1 Å². The number of carbonyl (C=O) groups is 1. The summed E-state index contributed by atoms with van der Waals surface area (Å²) in [7, 11) is -1.90. The molecular weight excluding hydrogens is 467 g/mol. The van der Waals surface area contributed by atoms with Gasteiger partial charge in [-0.15, -0.1) is 0 Å². The summed E-state index contributed by atoms with van der Waals surface area (Å²) in [6, 6.07) is 8.32. The second-order valence-corrected chi connectivity index (χ2v) is 10.2. The SMILES string of the molecule is Cc1cccc(-c2cccc(C[C@H]3[C@@H](NS(=O)(=O)N(C)C)C(F)(F)CN3C(=O)Cl)c2F)c1. The molecule has 1 fully saturated rings. The summed E-state index contributed by atoms with van der Waals surface area (Å²) in [5.74, 6) is -4.24. The average Bonchev–Trinajstić information content (AvgIpc) is 2.93. The molecule has 0 bridgehead atoms. The number of nitrogens with zero attached hydrogens (tertiary/aromatic N) is 2. The molecule has 32 heavy (non-hydrogen) atoms. The minimum atomic E-state index is -4.26.